The zero-order valence-corrected chi connectivity index (χ0v) is 11.8. The summed E-state index contributed by atoms with van der Waals surface area (Å²) < 4.78 is 5.28. The molecule has 3 rings (SSSR count). The summed E-state index contributed by atoms with van der Waals surface area (Å²) in [7, 11) is 0. The van der Waals surface area contributed by atoms with Gasteiger partial charge in [0, 0.05) is 11.6 Å². The molecule has 1 aliphatic rings. The number of aliphatic carboxylic acids is 1. The Labute approximate surface area is 122 Å². The Hall–Kier alpha value is -2.21. The Kier molecular flexibility index (Phi) is 3.70. The molecule has 1 aromatic heterocycles. The van der Waals surface area contributed by atoms with Crippen molar-refractivity contribution in [3.63, 3.8) is 0 Å². The van der Waals surface area contributed by atoms with Gasteiger partial charge in [0.1, 0.15) is 0 Å². The van der Waals surface area contributed by atoms with Crippen molar-refractivity contribution >= 4 is 5.97 Å². The molecular weight excluding hydrogens is 270 g/mol. The molecule has 0 saturated heterocycles. The van der Waals surface area contributed by atoms with E-state index in [1.165, 1.54) is 0 Å². The molecular formula is C15H17N3O3. The van der Waals surface area contributed by atoms with Gasteiger partial charge in [0.05, 0.1) is 13.1 Å². The normalized spacial score (nSPS) is 14.6. The van der Waals surface area contributed by atoms with Crippen LogP contribution in [-0.2, 0) is 11.3 Å². The summed E-state index contributed by atoms with van der Waals surface area (Å²) in [5.74, 6) is 0.170. The first-order valence-corrected chi connectivity index (χ1v) is 6.97. The van der Waals surface area contributed by atoms with Crippen LogP contribution in [0.3, 0.4) is 0 Å². The number of hydrogen-bond acceptors (Lipinski definition) is 5. The highest BCUT2D eigenvalue weighted by molar-refractivity contribution is 5.69. The fourth-order valence-corrected chi connectivity index (χ4v) is 2.32. The monoisotopic (exact) mass is 287 g/mol. The van der Waals surface area contributed by atoms with Crippen molar-refractivity contribution in [2.45, 2.75) is 32.4 Å². The molecule has 0 atom stereocenters. The topological polar surface area (TPSA) is 79.5 Å². The maximum absolute atomic E-state index is 10.9. The Morgan fingerprint density at radius 2 is 2.29 bits per heavy atom. The van der Waals surface area contributed by atoms with Crippen LogP contribution < -0.4 is 0 Å². The van der Waals surface area contributed by atoms with E-state index in [0.29, 0.717) is 24.3 Å². The number of carbonyl (C=O) groups is 1. The highest BCUT2D eigenvalue weighted by Gasteiger charge is 2.31. The van der Waals surface area contributed by atoms with Crippen molar-refractivity contribution in [1.82, 2.24) is 15.0 Å². The maximum Gasteiger partial charge on any atom is 0.317 e. The van der Waals surface area contributed by atoms with Crippen LogP contribution in [0.2, 0.25) is 0 Å². The summed E-state index contributed by atoms with van der Waals surface area (Å²) in [6.07, 6.45) is 2.08. The number of aromatic nitrogens is 2. The van der Waals surface area contributed by atoms with Crippen LogP contribution in [0, 0.1) is 6.92 Å². The second kappa shape index (κ2) is 5.65. The molecule has 1 aliphatic carbocycles. The minimum atomic E-state index is -0.829. The van der Waals surface area contributed by atoms with Crippen LogP contribution >= 0.6 is 0 Å². The van der Waals surface area contributed by atoms with Gasteiger partial charge in [-0.3, -0.25) is 9.69 Å². The minimum absolute atomic E-state index is 0.0129. The van der Waals surface area contributed by atoms with Crippen LogP contribution in [-0.4, -0.2) is 38.7 Å². The van der Waals surface area contributed by atoms with Crippen LogP contribution in [0.5, 0.6) is 0 Å². The largest absolute Gasteiger partial charge is 0.480 e. The van der Waals surface area contributed by atoms with E-state index >= 15 is 0 Å². The van der Waals surface area contributed by atoms with E-state index in [4.69, 9.17) is 9.63 Å². The molecule has 6 heteroatoms. The van der Waals surface area contributed by atoms with E-state index < -0.39 is 5.97 Å². The summed E-state index contributed by atoms with van der Waals surface area (Å²) in [5, 5.41) is 12.9. The summed E-state index contributed by atoms with van der Waals surface area (Å²) in [5.41, 5.74) is 2.00. The molecule has 0 radical (unpaired) electrons. The highest BCUT2D eigenvalue weighted by Crippen LogP contribution is 2.28. The molecule has 0 spiro atoms. The number of aryl methyl sites for hydroxylation is 1. The molecule has 1 saturated carbocycles. The van der Waals surface area contributed by atoms with Gasteiger partial charge in [0.15, 0.2) is 5.82 Å². The lowest BCUT2D eigenvalue weighted by atomic mass is 10.1. The molecule has 0 aliphatic heterocycles. The molecule has 0 amide bonds. The third-order valence-corrected chi connectivity index (χ3v) is 3.48. The molecule has 110 valence electrons. The molecule has 1 aromatic carbocycles. The fourth-order valence-electron chi connectivity index (χ4n) is 2.32. The van der Waals surface area contributed by atoms with E-state index in [1.807, 2.05) is 36.1 Å². The molecule has 1 N–H and O–H groups in total. The molecule has 2 aromatic rings. The predicted octanol–water partition coefficient (Wildman–Crippen LogP) is 2.09. The lowest BCUT2D eigenvalue weighted by molar-refractivity contribution is -0.138. The number of benzene rings is 1. The quantitative estimate of drug-likeness (QED) is 0.876. The number of hydrogen-bond donors (Lipinski definition) is 1. The fraction of sp³-hybridized carbons (Fsp3) is 0.400. The van der Waals surface area contributed by atoms with Gasteiger partial charge in [0.2, 0.25) is 0 Å². The lowest BCUT2D eigenvalue weighted by Crippen LogP contribution is -2.31. The number of rotatable bonds is 6. The van der Waals surface area contributed by atoms with Crippen LogP contribution in [0.1, 0.15) is 24.2 Å². The van der Waals surface area contributed by atoms with E-state index in [1.54, 1.807) is 0 Å². The van der Waals surface area contributed by atoms with Gasteiger partial charge in [-0.15, -0.1) is 0 Å². The van der Waals surface area contributed by atoms with Gasteiger partial charge in [-0.05, 0) is 31.9 Å². The van der Waals surface area contributed by atoms with Gasteiger partial charge < -0.3 is 9.63 Å². The Morgan fingerprint density at radius 3 is 2.95 bits per heavy atom. The zero-order valence-electron chi connectivity index (χ0n) is 11.8. The molecule has 1 fully saturated rings. The first-order valence-electron chi connectivity index (χ1n) is 6.97. The Balaban J connectivity index is 1.73. The number of nitrogens with zero attached hydrogens (tertiary/aromatic N) is 3. The van der Waals surface area contributed by atoms with E-state index in [-0.39, 0.29) is 6.54 Å². The second-order valence-electron chi connectivity index (χ2n) is 5.42. The molecule has 1 heterocycles. The molecule has 6 nitrogen and oxygen atoms in total. The Morgan fingerprint density at radius 1 is 1.48 bits per heavy atom. The first-order chi connectivity index (χ1) is 10.1. The van der Waals surface area contributed by atoms with Crippen molar-refractivity contribution in [3.05, 3.63) is 35.7 Å². The van der Waals surface area contributed by atoms with Crippen LogP contribution in [0.4, 0.5) is 0 Å². The van der Waals surface area contributed by atoms with E-state index in [2.05, 4.69) is 10.1 Å². The van der Waals surface area contributed by atoms with Crippen molar-refractivity contribution in [1.29, 1.82) is 0 Å². The first kappa shape index (κ1) is 13.8. The SMILES string of the molecule is Cc1cccc(-c2nc(CN(CC(=O)O)C3CC3)no2)c1. The van der Waals surface area contributed by atoms with Crippen molar-refractivity contribution in [2.24, 2.45) is 0 Å². The van der Waals surface area contributed by atoms with Gasteiger partial charge >= 0.3 is 5.97 Å². The lowest BCUT2D eigenvalue weighted by Gasteiger charge is -2.16. The maximum atomic E-state index is 10.9. The summed E-state index contributed by atoms with van der Waals surface area (Å²) in [6, 6.07) is 8.17. The van der Waals surface area contributed by atoms with Gasteiger partial charge in [0.25, 0.3) is 5.89 Å². The molecule has 0 bridgehead atoms. The van der Waals surface area contributed by atoms with E-state index in [0.717, 1.165) is 24.0 Å². The average molecular weight is 287 g/mol. The zero-order chi connectivity index (χ0) is 14.8. The summed E-state index contributed by atoms with van der Waals surface area (Å²) in [6.45, 7) is 2.42. The highest BCUT2D eigenvalue weighted by atomic mass is 16.5. The van der Waals surface area contributed by atoms with Crippen molar-refractivity contribution < 1.29 is 14.4 Å². The third-order valence-electron chi connectivity index (χ3n) is 3.48. The van der Waals surface area contributed by atoms with E-state index in [9.17, 15) is 4.79 Å². The van der Waals surface area contributed by atoms with Gasteiger partial charge in [-0.25, -0.2) is 0 Å². The van der Waals surface area contributed by atoms with Crippen molar-refractivity contribution in [2.75, 3.05) is 6.54 Å². The Bertz CT molecular complexity index is 649. The summed E-state index contributed by atoms with van der Waals surface area (Å²) >= 11 is 0. The van der Waals surface area contributed by atoms with Crippen molar-refractivity contribution in [3.8, 4) is 11.5 Å². The van der Waals surface area contributed by atoms with Gasteiger partial charge in [-0.2, -0.15) is 4.98 Å². The third kappa shape index (κ3) is 3.46. The number of carboxylic acid groups (broad SMARTS) is 1. The molecule has 0 unspecified atom stereocenters. The molecule has 21 heavy (non-hydrogen) atoms. The van der Waals surface area contributed by atoms with Gasteiger partial charge in [-0.1, -0.05) is 22.9 Å². The van der Waals surface area contributed by atoms with Crippen LogP contribution in [0.15, 0.2) is 28.8 Å². The smallest absolute Gasteiger partial charge is 0.317 e. The van der Waals surface area contributed by atoms with Crippen LogP contribution in [0.25, 0.3) is 11.5 Å². The predicted molar refractivity (Wildman–Crippen MR) is 75.5 cm³/mol. The standard InChI is InChI=1S/C15H17N3O3/c1-10-3-2-4-11(7-10)15-16-13(17-21-15)8-18(9-14(19)20)12-5-6-12/h2-4,7,12H,5-6,8-9H2,1H3,(H,19,20). The average Bonchev–Trinajstić information content (AvgIpc) is 3.18. The summed E-state index contributed by atoms with van der Waals surface area (Å²) in [4.78, 5) is 17.1. The minimum Gasteiger partial charge on any atom is -0.480 e. The number of carboxylic acids is 1. The second-order valence-corrected chi connectivity index (χ2v) is 5.42.